The quantitative estimate of drug-likeness (QED) is 0.795. The van der Waals surface area contributed by atoms with Crippen molar-refractivity contribution in [2.75, 3.05) is 18.0 Å². The molecule has 90 valence electrons. The van der Waals surface area contributed by atoms with Gasteiger partial charge in [-0.15, -0.1) is 0 Å². The van der Waals surface area contributed by atoms with Crippen LogP contribution in [0.25, 0.3) is 0 Å². The summed E-state index contributed by atoms with van der Waals surface area (Å²) in [5.74, 6) is 1.03. The number of aliphatic hydroxyl groups is 1. The predicted octanol–water partition coefficient (Wildman–Crippen LogP) is 1.47. The van der Waals surface area contributed by atoms with Crippen molar-refractivity contribution in [2.24, 2.45) is 5.92 Å². The van der Waals surface area contributed by atoms with Gasteiger partial charge in [-0.25, -0.2) is 4.98 Å². The van der Waals surface area contributed by atoms with Crippen LogP contribution < -0.4 is 4.90 Å². The van der Waals surface area contributed by atoms with Crippen LogP contribution >= 0.6 is 0 Å². The molecule has 4 heteroatoms. The minimum atomic E-state index is -0.336. The highest BCUT2D eigenvalue weighted by Crippen LogP contribution is 2.24. The van der Waals surface area contributed by atoms with Gasteiger partial charge in [0.05, 0.1) is 11.7 Å². The van der Waals surface area contributed by atoms with E-state index in [2.05, 4.69) is 18.0 Å². The van der Waals surface area contributed by atoms with Crippen LogP contribution in [0.3, 0.4) is 0 Å². The number of aliphatic hydroxyl groups excluding tert-OH is 1. The van der Waals surface area contributed by atoms with Gasteiger partial charge in [0.2, 0.25) is 0 Å². The van der Waals surface area contributed by atoms with Gasteiger partial charge >= 0.3 is 0 Å². The van der Waals surface area contributed by atoms with Gasteiger partial charge in [-0.05, 0) is 31.4 Å². The van der Waals surface area contributed by atoms with Gasteiger partial charge in [-0.3, -0.25) is 0 Å². The van der Waals surface area contributed by atoms with Gasteiger partial charge in [0, 0.05) is 18.8 Å². The molecule has 1 aliphatic heterocycles. The minimum absolute atomic E-state index is 0.321. The third-order valence-electron chi connectivity index (χ3n) is 3.35. The molecule has 0 saturated carbocycles. The van der Waals surface area contributed by atoms with Crippen LogP contribution in [0.2, 0.25) is 0 Å². The Labute approximate surface area is 102 Å². The molecule has 1 N–H and O–H groups in total. The molecule has 0 spiro atoms. The molecule has 1 aromatic rings. The Hall–Kier alpha value is -1.60. The van der Waals surface area contributed by atoms with E-state index >= 15 is 0 Å². The van der Waals surface area contributed by atoms with E-state index in [1.54, 1.807) is 6.07 Å². The highest BCUT2D eigenvalue weighted by molar-refractivity contribution is 5.54. The largest absolute Gasteiger partial charge is 0.391 e. The van der Waals surface area contributed by atoms with Crippen molar-refractivity contribution in [1.82, 2.24) is 4.98 Å². The highest BCUT2D eigenvalue weighted by atomic mass is 16.3. The Morgan fingerprint density at radius 3 is 2.94 bits per heavy atom. The van der Waals surface area contributed by atoms with Crippen LogP contribution in [0.5, 0.6) is 0 Å². The number of anilines is 1. The van der Waals surface area contributed by atoms with E-state index in [1.807, 2.05) is 17.9 Å². The molecule has 1 aliphatic rings. The number of piperidine rings is 1. The summed E-state index contributed by atoms with van der Waals surface area (Å²) in [6.07, 6.45) is 0.597. The number of nitrogens with zero attached hydrogens (tertiary/aromatic N) is 3. The van der Waals surface area contributed by atoms with E-state index < -0.39 is 0 Å². The molecular formula is C13H17N3O. The third kappa shape index (κ3) is 2.40. The van der Waals surface area contributed by atoms with Gasteiger partial charge in [0.1, 0.15) is 11.9 Å². The Balaban J connectivity index is 2.28. The maximum atomic E-state index is 9.89. The second kappa shape index (κ2) is 4.72. The number of β-amino-alcohol motifs (C(OH)–C–C–N with tert-alkyl or cyclic N) is 1. The Morgan fingerprint density at radius 2 is 2.29 bits per heavy atom. The third-order valence-corrected chi connectivity index (χ3v) is 3.35. The van der Waals surface area contributed by atoms with Crippen molar-refractivity contribution in [3.63, 3.8) is 0 Å². The topological polar surface area (TPSA) is 60.2 Å². The lowest BCUT2D eigenvalue weighted by Crippen LogP contribution is -2.43. The minimum Gasteiger partial charge on any atom is -0.391 e. The Bertz CT molecular complexity index is 452. The van der Waals surface area contributed by atoms with Crippen molar-refractivity contribution in [2.45, 2.75) is 26.4 Å². The molecule has 1 saturated heterocycles. The molecule has 0 aliphatic carbocycles. The smallest absolute Gasteiger partial charge is 0.146 e. The summed E-state index contributed by atoms with van der Waals surface area (Å²) in [6.45, 7) is 5.38. The average molecular weight is 231 g/mol. The molecule has 2 heterocycles. The monoisotopic (exact) mass is 231 g/mol. The average Bonchev–Trinajstić information content (AvgIpc) is 2.32. The number of pyridine rings is 1. The van der Waals surface area contributed by atoms with Gasteiger partial charge < -0.3 is 10.0 Å². The van der Waals surface area contributed by atoms with Crippen molar-refractivity contribution in [1.29, 1.82) is 5.26 Å². The summed E-state index contributed by atoms with van der Waals surface area (Å²) >= 11 is 0. The van der Waals surface area contributed by atoms with E-state index in [4.69, 9.17) is 5.26 Å². The number of aromatic nitrogens is 1. The van der Waals surface area contributed by atoms with Crippen molar-refractivity contribution in [3.05, 3.63) is 23.4 Å². The summed E-state index contributed by atoms with van der Waals surface area (Å²) in [5, 5.41) is 19.0. The van der Waals surface area contributed by atoms with Crippen molar-refractivity contribution in [3.8, 4) is 6.07 Å². The lowest BCUT2D eigenvalue weighted by Gasteiger charge is -2.35. The first-order valence-electron chi connectivity index (χ1n) is 5.92. The summed E-state index contributed by atoms with van der Waals surface area (Å²) < 4.78 is 0. The number of aryl methyl sites for hydroxylation is 1. The zero-order valence-corrected chi connectivity index (χ0v) is 10.2. The first-order valence-corrected chi connectivity index (χ1v) is 5.92. The van der Waals surface area contributed by atoms with Gasteiger partial charge in [0.15, 0.2) is 0 Å². The first-order chi connectivity index (χ1) is 8.11. The van der Waals surface area contributed by atoms with Crippen LogP contribution in [0.15, 0.2) is 12.1 Å². The van der Waals surface area contributed by atoms with E-state index in [9.17, 15) is 5.11 Å². The summed E-state index contributed by atoms with van der Waals surface area (Å²) in [6, 6.07) is 5.79. The summed E-state index contributed by atoms with van der Waals surface area (Å²) in [5.41, 5.74) is 1.48. The molecule has 0 bridgehead atoms. The van der Waals surface area contributed by atoms with Crippen molar-refractivity contribution >= 4 is 5.82 Å². The summed E-state index contributed by atoms with van der Waals surface area (Å²) in [7, 11) is 0. The van der Waals surface area contributed by atoms with E-state index in [-0.39, 0.29) is 6.10 Å². The fourth-order valence-corrected chi connectivity index (χ4v) is 2.11. The predicted molar refractivity (Wildman–Crippen MR) is 65.7 cm³/mol. The number of hydrogen-bond acceptors (Lipinski definition) is 4. The number of nitriles is 1. The van der Waals surface area contributed by atoms with E-state index in [0.29, 0.717) is 23.8 Å². The molecule has 1 aromatic heterocycles. The van der Waals surface area contributed by atoms with E-state index in [1.165, 1.54) is 0 Å². The molecule has 17 heavy (non-hydrogen) atoms. The standard InChI is InChI=1S/C13H17N3O/c1-9-5-6-16(8-12(9)17)13-11(7-14)4-3-10(2)15-13/h3-4,9,12,17H,5-6,8H2,1-2H3. The van der Waals surface area contributed by atoms with Crippen LogP contribution in [0, 0.1) is 24.2 Å². The maximum absolute atomic E-state index is 9.89. The zero-order chi connectivity index (χ0) is 12.4. The van der Waals surface area contributed by atoms with Gasteiger partial charge in [-0.1, -0.05) is 6.92 Å². The molecule has 4 nitrogen and oxygen atoms in total. The second-order valence-corrected chi connectivity index (χ2v) is 4.71. The van der Waals surface area contributed by atoms with Crippen molar-refractivity contribution < 1.29 is 5.11 Å². The fraction of sp³-hybridized carbons (Fsp3) is 0.538. The molecule has 0 aromatic carbocycles. The lowest BCUT2D eigenvalue weighted by molar-refractivity contribution is 0.102. The number of rotatable bonds is 1. The van der Waals surface area contributed by atoms with Crippen LogP contribution in [-0.4, -0.2) is 29.3 Å². The van der Waals surface area contributed by atoms with E-state index in [0.717, 1.165) is 18.7 Å². The maximum Gasteiger partial charge on any atom is 0.146 e. The Kier molecular flexibility index (Phi) is 3.30. The second-order valence-electron chi connectivity index (χ2n) is 4.71. The van der Waals surface area contributed by atoms with Crippen LogP contribution in [-0.2, 0) is 0 Å². The summed E-state index contributed by atoms with van der Waals surface area (Å²) in [4.78, 5) is 6.43. The molecule has 0 amide bonds. The van der Waals surface area contributed by atoms with Gasteiger partial charge in [0.25, 0.3) is 0 Å². The molecular weight excluding hydrogens is 214 g/mol. The molecule has 1 fully saturated rings. The SMILES string of the molecule is Cc1ccc(C#N)c(N2CCC(C)C(O)C2)n1. The molecule has 0 radical (unpaired) electrons. The molecule has 2 unspecified atom stereocenters. The lowest BCUT2D eigenvalue weighted by atomic mass is 9.96. The van der Waals surface area contributed by atoms with Crippen LogP contribution in [0.4, 0.5) is 5.82 Å². The van der Waals surface area contributed by atoms with Crippen LogP contribution in [0.1, 0.15) is 24.6 Å². The number of hydrogen-bond donors (Lipinski definition) is 1. The normalized spacial score (nSPS) is 24.5. The highest BCUT2D eigenvalue weighted by Gasteiger charge is 2.26. The fourth-order valence-electron chi connectivity index (χ4n) is 2.11. The Morgan fingerprint density at radius 1 is 1.53 bits per heavy atom. The van der Waals surface area contributed by atoms with Gasteiger partial charge in [-0.2, -0.15) is 5.26 Å². The first kappa shape index (κ1) is 11.9. The zero-order valence-electron chi connectivity index (χ0n) is 10.2. The molecule has 2 rings (SSSR count). The molecule has 2 atom stereocenters.